The summed E-state index contributed by atoms with van der Waals surface area (Å²) in [6.07, 6.45) is 4.42. The number of ether oxygens (including phenoxy) is 1. The van der Waals surface area contributed by atoms with Gasteiger partial charge in [-0.2, -0.15) is 11.3 Å². The summed E-state index contributed by atoms with van der Waals surface area (Å²) in [6.45, 7) is 1.17. The Morgan fingerprint density at radius 3 is 2.68 bits per heavy atom. The zero-order valence-electron chi connectivity index (χ0n) is 15.3. The lowest BCUT2D eigenvalue weighted by atomic mass is 9.95. The molecule has 3 aromatic rings. The molecule has 0 aromatic carbocycles. The van der Waals surface area contributed by atoms with E-state index in [1.807, 2.05) is 16.8 Å². The van der Waals surface area contributed by atoms with Crippen LogP contribution in [0.5, 0.6) is 6.01 Å². The Balaban J connectivity index is 1.45. The molecule has 0 saturated carbocycles. The number of thiophene rings is 1. The number of rotatable bonds is 4. The van der Waals surface area contributed by atoms with Crippen LogP contribution in [0, 0.1) is 0 Å². The zero-order chi connectivity index (χ0) is 19.5. The van der Waals surface area contributed by atoms with Crippen molar-refractivity contribution in [2.24, 2.45) is 0 Å². The highest BCUT2D eigenvalue weighted by Gasteiger charge is 2.26. The lowest BCUT2D eigenvalue weighted by molar-refractivity contribution is 0.0710. The van der Waals surface area contributed by atoms with Crippen molar-refractivity contribution in [2.45, 2.75) is 18.8 Å². The Bertz CT molecular complexity index is 1010. The van der Waals surface area contributed by atoms with E-state index in [-0.39, 0.29) is 23.4 Å². The molecule has 0 bridgehead atoms. The van der Waals surface area contributed by atoms with Crippen molar-refractivity contribution in [3.05, 3.63) is 57.0 Å². The van der Waals surface area contributed by atoms with Gasteiger partial charge in [0.2, 0.25) is 0 Å². The molecule has 1 amide bonds. The summed E-state index contributed by atoms with van der Waals surface area (Å²) < 4.78 is 4.92. The predicted octanol–water partition coefficient (Wildman–Crippen LogP) is 2.32. The second kappa shape index (κ2) is 7.89. The standard InChI is InChI=1S/C19H19N5O3S/c1-27-19-20-9-14(10-21-19)18(26)24-5-2-12(3-6-24)17-22-15(8-16(25)23-17)13-4-7-28-11-13/h4,7-12H,2-3,5-6H2,1H3,(H,22,23,25). The number of hydrogen-bond donors (Lipinski definition) is 1. The lowest BCUT2D eigenvalue weighted by Crippen LogP contribution is -2.38. The van der Waals surface area contributed by atoms with E-state index in [1.165, 1.54) is 25.6 Å². The normalized spacial score (nSPS) is 14.8. The van der Waals surface area contributed by atoms with E-state index < -0.39 is 0 Å². The van der Waals surface area contributed by atoms with Crippen molar-refractivity contribution in [3.63, 3.8) is 0 Å². The highest BCUT2D eigenvalue weighted by Crippen LogP contribution is 2.27. The van der Waals surface area contributed by atoms with Crippen LogP contribution in [0.25, 0.3) is 11.3 Å². The maximum absolute atomic E-state index is 12.6. The van der Waals surface area contributed by atoms with Gasteiger partial charge in [0.25, 0.3) is 11.5 Å². The number of H-pyrrole nitrogens is 1. The Morgan fingerprint density at radius 1 is 1.29 bits per heavy atom. The van der Waals surface area contributed by atoms with Crippen molar-refractivity contribution in [2.75, 3.05) is 20.2 Å². The highest BCUT2D eigenvalue weighted by molar-refractivity contribution is 7.08. The number of amides is 1. The van der Waals surface area contributed by atoms with Gasteiger partial charge in [0.1, 0.15) is 5.82 Å². The summed E-state index contributed by atoms with van der Waals surface area (Å²) in [6, 6.07) is 3.71. The predicted molar refractivity (Wildman–Crippen MR) is 105 cm³/mol. The number of aromatic nitrogens is 4. The Kier molecular flexibility index (Phi) is 5.16. The van der Waals surface area contributed by atoms with Gasteiger partial charge in [-0.3, -0.25) is 9.59 Å². The quantitative estimate of drug-likeness (QED) is 0.725. The Labute approximate surface area is 165 Å². The number of carbonyl (C=O) groups is 1. The van der Waals surface area contributed by atoms with Gasteiger partial charge in [-0.1, -0.05) is 0 Å². The molecule has 1 saturated heterocycles. The fourth-order valence-electron chi connectivity index (χ4n) is 3.30. The maximum atomic E-state index is 12.6. The van der Waals surface area contributed by atoms with Gasteiger partial charge in [-0.15, -0.1) is 0 Å². The van der Waals surface area contributed by atoms with Crippen LogP contribution < -0.4 is 10.3 Å². The molecular formula is C19H19N5O3S. The van der Waals surface area contributed by atoms with E-state index in [2.05, 4.69) is 19.9 Å². The van der Waals surface area contributed by atoms with E-state index in [1.54, 1.807) is 16.2 Å². The molecule has 0 atom stereocenters. The van der Waals surface area contributed by atoms with Crippen LogP contribution in [0.15, 0.2) is 40.1 Å². The van der Waals surface area contributed by atoms with E-state index >= 15 is 0 Å². The first-order valence-corrected chi connectivity index (χ1v) is 9.87. The minimum Gasteiger partial charge on any atom is -0.467 e. The van der Waals surface area contributed by atoms with E-state index in [9.17, 15) is 9.59 Å². The van der Waals surface area contributed by atoms with Crippen LogP contribution in [0.3, 0.4) is 0 Å². The molecule has 28 heavy (non-hydrogen) atoms. The number of methoxy groups -OCH3 is 1. The molecule has 1 fully saturated rings. The van der Waals surface area contributed by atoms with Crippen molar-refractivity contribution >= 4 is 17.2 Å². The molecular weight excluding hydrogens is 378 g/mol. The van der Waals surface area contributed by atoms with E-state index in [4.69, 9.17) is 4.74 Å². The van der Waals surface area contributed by atoms with E-state index in [0.29, 0.717) is 30.2 Å². The third kappa shape index (κ3) is 3.79. The van der Waals surface area contributed by atoms with Crippen LogP contribution in [-0.2, 0) is 0 Å². The second-order valence-corrected chi connectivity index (χ2v) is 7.33. The first-order valence-electron chi connectivity index (χ1n) is 8.93. The third-order valence-corrected chi connectivity index (χ3v) is 5.49. The minimum atomic E-state index is -0.153. The molecule has 9 heteroatoms. The number of piperidine rings is 1. The van der Waals surface area contributed by atoms with Crippen molar-refractivity contribution in [3.8, 4) is 17.3 Å². The van der Waals surface area contributed by atoms with Gasteiger partial charge >= 0.3 is 6.01 Å². The summed E-state index contributed by atoms with van der Waals surface area (Å²) in [7, 11) is 1.48. The van der Waals surface area contributed by atoms with Crippen molar-refractivity contribution in [1.82, 2.24) is 24.8 Å². The maximum Gasteiger partial charge on any atom is 0.316 e. The molecule has 0 unspecified atom stereocenters. The SMILES string of the molecule is COc1ncc(C(=O)N2CCC(c3nc(-c4ccsc4)cc(=O)[nH]3)CC2)cn1. The van der Waals surface area contributed by atoms with Crippen LogP contribution >= 0.6 is 11.3 Å². The van der Waals surface area contributed by atoms with Gasteiger partial charge in [-0.25, -0.2) is 15.0 Å². The highest BCUT2D eigenvalue weighted by atomic mass is 32.1. The first-order chi connectivity index (χ1) is 13.6. The lowest BCUT2D eigenvalue weighted by Gasteiger charge is -2.31. The average molecular weight is 397 g/mol. The molecule has 0 aliphatic carbocycles. The number of nitrogens with one attached hydrogen (secondary N) is 1. The molecule has 1 N–H and O–H groups in total. The monoisotopic (exact) mass is 397 g/mol. The summed E-state index contributed by atoms with van der Waals surface area (Å²) in [5.41, 5.74) is 1.92. The molecule has 3 aromatic heterocycles. The molecule has 1 aliphatic rings. The number of hydrogen-bond acceptors (Lipinski definition) is 7. The summed E-state index contributed by atoms with van der Waals surface area (Å²) in [4.78, 5) is 42.0. The number of nitrogens with zero attached hydrogens (tertiary/aromatic N) is 4. The molecule has 4 rings (SSSR count). The van der Waals surface area contributed by atoms with Gasteiger partial charge in [0.05, 0.1) is 18.4 Å². The zero-order valence-corrected chi connectivity index (χ0v) is 16.1. The molecule has 4 heterocycles. The van der Waals surface area contributed by atoms with Crippen molar-refractivity contribution < 1.29 is 9.53 Å². The van der Waals surface area contributed by atoms with Gasteiger partial charge < -0.3 is 14.6 Å². The van der Waals surface area contributed by atoms with Gasteiger partial charge in [0.15, 0.2) is 0 Å². The average Bonchev–Trinajstić information content (AvgIpc) is 3.28. The topological polar surface area (TPSA) is 101 Å². The minimum absolute atomic E-state index is 0.102. The second-order valence-electron chi connectivity index (χ2n) is 6.55. The van der Waals surface area contributed by atoms with Crippen LogP contribution in [0.2, 0.25) is 0 Å². The molecule has 0 radical (unpaired) electrons. The fraction of sp³-hybridized carbons (Fsp3) is 0.316. The first kappa shape index (κ1) is 18.3. The third-order valence-electron chi connectivity index (χ3n) is 4.80. The van der Waals surface area contributed by atoms with Crippen LogP contribution in [-0.4, -0.2) is 50.9 Å². The number of aromatic amines is 1. The van der Waals surface area contributed by atoms with Gasteiger partial charge in [-0.05, 0) is 24.3 Å². The molecule has 0 spiro atoms. The summed E-state index contributed by atoms with van der Waals surface area (Å²) in [5.74, 6) is 0.700. The van der Waals surface area contributed by atoms with Crippen molar-refractivity contribution in [1.29, 1.82) is 0 Å². The van der Waals surface area contributed by atoms with Crippen LogP contribution in [0.1, 0.15) is 34.9 Å². The number of likely N-dealkylation sites (tertiary alicyclic amines) is 1. The molecule has 144 valence electrons. The Hall–Kier alpha value is -3.07. The number of carbonyl (C=O) groups excluding carboxylic acids is 1. The molecule has 1 aliphatic heterocycles. The van der Waals surface area contributed by atoms with Gasteiger partial charge in [0, 0.05) is 48.4 Å². The Morgan fingerprint density at radius 2 is 2.04 bits per heavy atom. The molecule has 8 nitrogen and oxygen atoms in total. The summed E-state index contributed by atoms with van der Waals surface area (Å²) in [5, 5.41) is 3.94. The van der Waals surface area contributed by atoms with Crippen LogP contribution in [0.4, 0.5) is 0 Å². The summed E-state index contributed by atoms with van der Waals surface area (Å²) >= 11 is 1.57. The smallest absolute Gasteiger partial charge is 0.316 e. The van der Waals surface area contributed by atoms with E-state index in [0.717, 1.165) is 18.4 Å². The fourth-order valence-corrected chi connectivity index (χ4v) is 3.95. The largest absolute Gasteiger partial charge is 0.467 e.